The molecule has 1 aliphatic rings. The smallest absolute Gasteiger partial charge is 0.303 e. The molecule has 86 valence electrons. The largest absolute Gasteiger partial charge is 0.481 e. The number of carboxylic acids is 1. The molecule has 0 radical (unpaired) electrons. The molecule has 1 rings (SSSR count). The molecule has 1 atom stereocenters. The third-order valence-electron chi connectivity index (χ3n) is 2.47. The van der Waals surface area contributed by atoms with E-state index in [0.717, 1.165) is 12.8 Å². The molecule has 1 aliphatic carbocycles. The fourth-order valence-electron chi connectivity index (χ4n) is 1.35. The van der Waals surface area contributed by atoms with Crippen molar-refractivity contribution in [2.45, 2.75) is 38.2 Å². The molecular weight excluding hydrogens is 198 g/mol. The molecule has 15 heavy (non-hydrogen) atoms. The normalized spacial score (nSPS) is 17.1. The van der Waals surface area contributed by atoms with Crippen LogP contribution < -0.4 is 5.32 Å². The lowest BCUT2D eigenvalue weighted by Gasteiger charge is -2.10. The van der Waals surface area contributed by atoms with Crippen molar-refractivity contribution >= 4 is 11.9 Å². The van der Waals surface area contributed by atoms with Crippen molar-refractivity contribution in [3.8, 4) is 0 Å². The van der Waals surface area contributed by atoms with Gasteiger partial charge in [-0.3, -0.25) is 9.59 Å². The van der Waals surface area contributed by atoms with Gasteiger partial charge in [0, 0.05) is 19.4 Å². The van der Waals surface area contributed by atoms with Gasteiger partial charge in [0.2, 0.25) is 5.91 Å². The van der Waals surface area contributed by atoms with Crippen LogP contribution in [-0.2, 0) is 9.59 Å². The monoisotopic (exact) mass is 215 g/mol. The van der Waals surface area contributed by atoms with E-state index in [1.165, 1.54) is 0 Å². The van der Waals surface area contributed by atoms with E-state index in [1.54, 1.807) is 0 Å². The number of carbonyl (C=O) groups is 2. The zero-order valence-electron chi connectivity index (χ0n) is 8.61. The lowest BCUT2D eigenvalue weighted by Crippen LogP contribution is -2.33. The molecule has 1 fully saturated rings. The fourth-order valence-corrected chi connectivity index (χ4v) is 1.35. The van der Waals surface area contributed by atoms with E-state index in [-0.39, 0.29) is 25.3 Å². The summed E-state index contributed by atoms with van der Waals surface area (Å²) < 4.78 is 0. The zero-order chi connectivity index (χ0) is 11.3. The van der Waals surface area contributed by atoms with Crippen molar-refractivity contribution in [1.29, 1.82) is 0 Å². The highest BCUT2D eigenvalue weighted by Gasteiger charge is 2.29. The Kier molecular flexibility index (Phi) is 4.55. The number of amides is 1. The van der Waals surface area contributed by atoms with E-state index in [4.69, 9.17) is 5.11 Å². The number of hydrogen-bond acceptors (Lipinski definition) is 3. The van der Waals surface area contributed by atoms with Crippen molar-refractivity contribution in [2.24, 2.45) is 5.92 Å². The van der Waals surface area contributed by atoms with Gasteiger partial charge in [0.05, 0.1) is 6.10 Å². The minimum Gasteiger partial charge on any atom is -0.481 e. The fraction of sp³-hybridized carbons (Fsp3) is 0.800. The summed E-state index contributed by atoms with van der Waals surface area (Å²) in [6.07, 6.45) is 2.21. The van der Waals surface area contributed by atoms with Gasteiger partial charge in [0.25, 0.3) is 0 Å². The number of hydrogen-bond donors (Lipinski definition) is 3. The predicted octanol–water partition coefficient (Wildman–Crippen LogP) is 0.128. The molecule has 0 saturated heterocycles. The maximum Gasteiger partial charge on any atom is 0.303 e. The maximum absolute atomic E-state index is 11.2. The molecule has 0 spiro atoms. The van der Waals surface area contributed by atoms with Crippen molar-refractivity contribution in [1.82, 2.24) is 5.32 Å². The molecule has 0 aromatic rings. The van der Waals surface area contributed by atoms with Crippen LogP contribution in [0.5, 0.6) is 0 Å². The number of nitrogens with one attached hydrogen (secondary N) is 1. The molecule has 1 saturated carbocycles. The topological polar surface area (TPSA) is 86.6 Å². The molecule has 1 amide bonds. The second-order valence-electron chi connectivity index (χ2n) is 3.96. The quantitative estimate of drug-likeness (QED) is 0.563. The minimum atomic E-state index is -0.888. The van der Waals surface area contributed by atoms with E-state index < -0.39 is 12.1 Å². The van der Waals surface area contributed by atoms with Gasteiger partial charge in [-0.1, -0.05) is 0 Å². The molecular formula is C10H17NO4. The SMILES string of the molecule is O=C(O)CCCC(=O)NCC(O)C1CC1. The maximum atomic E-state index is 11.2. The number of aliphatic hydroxyl groups is 1. The Balaban J connectivity index is 2.00. The Morgan fingerprint density at radius 3 is 2.53 bits per heavy atom. The first-order valence-corrected chi connectivity index (χ1v) is 5.26. The van der Waals surface area contributed by atoms with Gasteiger partial charge < -0.3 is 15.5 Å². The third-order valence-corrected chi connectivity index (χ3v) is 2.47. The molecule has 5 heteroatoms. The summed E-state index contributed by atoms with van der Waals surface area (Å²) in [5, 5.41) is 20.4. The van der Waals surface area contributed by atoms with Crippen LogP contribution in [0.1, 0.15) is 32.1 Å². The molecule has 0 aromatic carbocycles. The summed E-state index contributed by atoms with van der Waals surface area (Å²) in [5.74, 6) is -0.721. The Bertz CT molecular complexity index is 238. The molecule has 0 heterocycles. The summed E-state index contributed by atoms with van der Waals surface area (Å²) in [7, 11) is 0. The Morgan fingerprint density at radius 1 is 1.33 bits per heavy atom. The van der Waals surface area contributed by atoms with E-state index in [2.05, 4.69) is 5.32 Å². The standard InChI is InChI=1S/C10H17NO4/c12-8(7-4-5-7)6-11-9(13)2-1-3-10(14)15/h7-8,12H,1-6H2,(H,11,13)(H,14,15). The average molecular weight is 215 g/mol. The summed E-state index contributed by atoms with van der Waals surface area (Å²) in [6, 6.07) is 0. The molecule has 1 unspecified atom stereocenters. The average Bonchev–Trinajstić information content (AvgIpc) is 2.96. The van der Waals surface area contributed by atoms with Crippen molar-refractivity contribution < 1.29 is 19.8 Å². The summed E-state index contributed by atoms with van der Waals surface area (Å²) in [5.41, 5.74) is 0. The number of carbonyl (C=O) groups excluding carboxylic acids is 1. The highest BCUT2D eigenvalue weighted by atomic mass is 16.4. The molecule has 0 aliphatic heterocycles. The molecule has 0 aromatic heterocycles. The van der Waals surface area contributed by atoms with Crippen LogP contribution in [0.4, 0.5) is 0 Å². The zero-order valence-corrected chi connectivity index (χ0v) is 8.61. The van der Waals surface area contributed by atoms with E-state index >= 15 is 0 Å². The number of carboxylic acid groups (broad SMARTS) is 1. The van der Waals surface area contributed by atoms with Gasteiger partial charge in [-0.25, -0.2) is 0 Å². The Morgan fingerprint density at radius 2 is 2.00 bits per heavy atom. The molecule has 0 bridgehead atoms. The molecule has 3 N–H and O–H groups in total. The number of aliphatic hydroxyl groups excluding tert-OH is 1. The first kappa shape index (κ1) is 12.0. The second kappa shape index (κ2) is 5.70. The van der Waals surface area contributed by atoms with Gasteiger partial charge >= 0.3 is 5.97 Å². The van der Waals surface area contributed by atoms with Crippen molar-refractivity contribution in [2.75, 3.05) is 6.54 Å². The number of aliphatic carboxylic acids is 1. The highest BCUT2D eigenvalue weighted by molar-refractivity contribution is 5.76. The van der Waals surface area contributed by atoms with Gasteiger partial charge in [-0.15, -0.1) is 0 Å². The lowest BCUT2D eigenvalue weighted by molar-refractivity contribution is -0.137. The third kappa shape index (κ3) is 5.37. The van der Waals surface area contributed by atoms with Crippen LogP contribution in [0.2, 0.25) is 0 Å². The van der Waals surface area contributed by atoms with Crippen LogP contribution in [-0.4, -0.2) is 34.7 Å². The summed E-state index contributed by atoms with van der Waals surface area (Å²) in [4.78, 5) is 21.3. The van der Waals surface area contributed by atoms with Gasteiger partial charge in [0.15, 0.2) is 0 Å². The van der Waals surface area contributed by atoms with Gasteiger partial charge in [-0.05, 0) is 25.2 Å². The second-order valence-corrected chi connectivity index (χ2v) is 3.96. The van der Waals surface area contributed by atoms with Crippen LogP contribution in [0.15, 0.2) is 0 Å². The highest BCUT2D eigenvalue weighted by Crippen LogP contribution is 2.32. The molecule has 5 nitrogen and oxygen atoms in total. The first-order valence-electron chi connectivity index (χ1n) is 5.26. The van der Waals surface area contributed by atoms with Gasteiger partial charge in [0.1, 0.15) is 0 Å². The van der Waals surface area contributed by atoms with E-state index in [1.807, 2.05) is 0 Å². The van der Waals surface area contributed by atoms with Crippen LogP contribution in [0, 0.1) is 5.92 Å². The Labute approximate surface area is 88.5 Å². The van der Waals surface area contributed by atoms with E-state index in [0.29, 0.717) is 12.3 Å². The van der Waals surface area contributed by atoms with Gasteiger partial charge in [-0.2, -0.15) is 0 Å². The van der Waals surface area contributed by atoms with E-state index in [9.17, 15) is 14.7 Å². The minimum absolute atomic E-state index is 0.0125. The Hall–Kier alpha value is -1.10. The first-order chi connectivity index (χ1) is 7.09. The predicted molar refractivity (Wildman–Crippen MR) is 53.2 cm³/mol. The van der Waals surface area contributed by atoms with Crippen LogP contribution in [0.25, 0.3) is 0 Å². The lowest BCUT2D eigenvalue weighted by atomic mass is 10.2. The summed E-state index contributed by atoms with van der Waals surface area (Å²) in [6.45, 7) is 0.288. The summed E-state index contributed by atoms with van der Waals surface area (Å²) >= 11 is 0. The van der Waals surface area contributed by atoms with Crippen LogP contribution in [0.3, 0.4) is 0 Å². The van der Waals surface area contributed by atoms with Crippen LogP contribution >= 0.6 is 0 Å². The van der Waals surface area contributed by atoms with Crippen molar-refractivity contribution in [3.63, 3.8) is 0 Å². The van der Waals surface area contributed by atoms with Crippen molar-refractivity contribution in [3.05, 3.63) is 0 Å². The number of rotatable bonds is 7.